The number of nitrogens with two attached hydrogens (primary N) is 1. The smallest absolute Gasteiger partial charge is 0.164 e. The van der Waals surface area contributed by atoms with Gasteiger partial charge in [-0.2, -0.15) is 10.4 Å². The standard InChI is InChI=1S/C21H23ClN8O/c1-11-18-20(24)26-10-27-21(18)30(28-11)12(2)14-5-17(22)15(6-23)16-9-29(13-7-25-8-13)3-4-31-19(14)16/h5,10,12-13,25H,3-4,7-9H2,1-2H3,(H2,24,26,27). The number of aryl methyl sites for hydroxylation is 1. The molecule has 1 aromatic carbocycles. The minimum Gasteiger partial charge on any atom is -0.491 e. The number of benzene rings is 1. The van der Waals surface area contributed by atoms with E-state index < -0.39 is 0 Å². The van der Waals surface area contributed by atoms with Gasteiger partial charge in [0, 0.05) is 43.3 Å². The zero-order valence-corrected chi connectivity index (χ0v) is 18.1. The fourth-order valence-corrected chi connectivity index (χ4v) is 4.69. The van der Waals surface area contributed by atoms with Crippen LogP contribution in [-0.2, 0) is 6.54 Å². The Morgan fingerprint density at radius 2 is 2.19 bits per heavy atom. The maximum Gasteiger partial charge on any atom is 0.164 e. The van der Waals surface area contributed by atoms with Gasteiger partial charge >= 0.3 is 0 Å². The summed E-state index contributed by atoms with van der Waals surface area (Å²) in [5.41, 5.74) is 9.66. The predicted octanol–water partition coefficient (Wildman–Crippen LogP) is 2.02. The summed E-state index contributed by atoms with van der Waals surface area (Å²) in [6.45, 7) is 7.76. The monoisotopic (exact) mass is 438 g/mol. The third kappa shape index (κ3) is 3.19. The van der Waals surface area contributed by atoms with Crippen molar-refractivity contribution in [2.75, 3.05) is 32.0 Å². The average Bonchev–Trinajstić information content (AvgIpc) is 2.90. The van der Waals surface area contributed by atoms with Gasteiger partial charge in [0.2, 0.25) is 0 Å². The fraction of sp³-hybridized carbons (Fsp3) is 0.429. The minimum atomic E-state index is -0.235. The van der Waals surface area contributed by atoms with Crippen molar-refractivity contribution in [2.24, 2.45) is 0 Å². The van der Waals surface area contributed by atoms with Gasteiger partial charge in [-0.15, -0.1) is 0 Å². The summed E-state index contributed by atoms with van der Waals surface area (Å²) in [6.07, 6.45) is 1.44. The number of aromatic nitrogens is 4. The molecule has 160 valence electrons. The number of anilines is 1. The maximum atomic E-state index is 9.81. The zero-order chi connectivity index (χ0) is 21.7. The van der Waals surface area contributed by atoms with E-state index >= 15 is 0 Å². The average molecular weight is 439 g/mol. The predicted molar refractivity (Wildman–Crippen MR) is 117 cm³/mol. The second kappa shape index (κ2) is 7.64. The van der Waals surface area contributed by atoms with Gasteiger partial charge in [-0.05, 0) is 19.9 Å². The molecule has 0 radical (unpaired) electrons. The van der Waals surface area contributed by atoms with Crippen LogP contribution in [0.25, 0.3) is 11.0 Å². The van der Waals surface area contributed by atoms with Crippen molar-refractivity contribution in [2.45, 2.75) is 32.5 Å². The number of nitriles is 1. The highest BCUT2D eigenvalue weighted by Gasteiger charge is 2.32. The van der Waals surface area contributed by atoms with E-state index in [1.54, 1.807) is 0 Å². The third-order valence-electron chi connectivity index (χ3n) is 6.24. The molecule has 0 bridgehead atoms. The van der Waals surface area contributed by atoms with Crippen LogP contribution >= 0.6 is 11.6 Å². The second-order valence-corrected chi connectivity index (χ2v) is 8.44. The second-order valence-electron chi connectivity index (χ2n) is 8.04. The van der Waals surface area contributed by atoms with Crippen molar-refractivity contribution in [3.63, 3.8) is 0 Å². The molecular weight excluding hydrogens is 416 g/mol. The lowest BCUT2D eigenvalue weighted by molar-refractivity contribution is 0.127. The molecule has 2 aliphatic heterocycles. The first-order chi connectivity index (χ1) is 15.0. The zero-order valence-electron chi connectivity index (χ0n) is 17.4. The van der Waals surface area contributed by atoms with Crippen LogP contribution in [0.3, 0.4) is 0 Å². The quantitative estimate of drug-likeness (QED) is 0.637. The Balaban J connectivity index is 1.65. The van der Waals surface area contributed by atoms with Crippen LogP contribution in [0.4, 0.5) is 5.82 Å². The minimum absolute atomic E-state index is 0.235. The molecule has 1 atom stereocenters. The molecule has 1 saturated heterocycles. The molecule has 1 unspecified atom stereocenters. The van der Waals surface area contributed by atoms with Crippen LogP contribution in [0.15, 0.2) is 12.4 Å². The van der Waals surface area contributed by atoms with Gasteiger partial charge in [-0.25, -0.2) is 14.6 Å². The Kier molecular flexibility index (Phi) is 4.93. The first-order valence-electron chi connectivity index (χ1n) is 10.3. The van der Waals surface area contributed by atoms with Gasteiger partial charge < -0.3 is 15.8 Å². The first-order valence-corrected chi connectivity index (χ1v) is 10.7. The molecule has 31 heavy (non-hydrogen) atoms. The van der Waals surface area contributed by atoms with E-state index in [-0.39, 0.29) is 6.04 Å². The molecule has 10 heteroatoms. The van der Waals surface area contributed by atoms with Gasteiger partial charge in [0.25, 0.3) is 0 Å². The molecule has 0 spiro atoms. The van der Waals surface area contributed by atoms with Crippen molar-refractivity contribution in [1.82, 2.24) is 30.0 Å². The summed E-state index contributed by atoms with van der Waals surface area (Å²) in [5.74, 6) is 1.12. The number of nitrogen functional groups attached to an aromatic ring is 1. The van der Waals surface area contributed by atoms with E-state index in [0.29, 0.717) is 47.0 Å². The summed E-state index contributed by atoms with van der Waals surface area (Å²) in [7, 11) is 0. The van der Waals surface area contributed by atoms with Crippen molar-refractivity contribution < 1.29 is 4.74 Å². The Hall–Kier alpha value is -2.93. The van der Waals surface area contributed by atoms with E-state index in [1.807, 2.05) is 24.6 Å². The van der Waals surface area contributed by atoms with E-state index in [4.69, 9.17) is 22.1 Å². The number of rotatable bonds is 3. The number of hydrogen-bond donors (Lipinski definition) is 2. The van der Waals surface area contributed by atoms with Crippen molar-refractivity contribution in [1.29, 1.82) is 5.26 Å². The number of ether oxygens (including phenoxy) is 1. The molecule has 0 amide bonds. The summed E-state index contributed by atoms with van der Waals surface area (Å²) in [6, 6.07) is 4.31. The molecule has 4 heterocycles. The summed E-state index contributed by atoms with van der Waals surface area (Å²) >= 11 is 6.59. The van der Waals surface area contributed by atoms with Crippen molar-refractivity contribution >= 4 is 28.5 Å². The lowest BCUT2D eigenvalue weighted by Gasteiger charge is -2.37. The molecule has 9 nitrogen and oxygen atoms in total. The maximum absolute atomic E-state index is 9.81. The number of nitrogens with zero attached hydrogens (tertiary/aromatic N) is 6. The van der Waals surface area contributed by atoms with Crippen LogP contribution in [0.5, 0.6) is 5.75 Å². The van der Waals surface area contributed by atoms with Crippen LogP contribution in [0, 0.1) is 18.3 Å². The number of hydrogen-bond acceptors (Lipinski definition) is 8. The summed E-state index contributed by atoms with van der Waals surface area (Å²) in [4.78, 5) is 10.9. The highest BCUT2D eigenvalue weighted by molar-refractivity contribution is 6.32. The van der Waals surface area contributed by atoms with Gasteiger partial charge in [0.1, 0.15) is 30.6 Å². The van der Waals surface area contributed by atoms with Crippen LogP contribution in [0.2, 0.25) is 5.02 Å². The van der Waals surface area contributed by atoms with E-state index in [9.17, 15) is 5.26 Å². The Labute approximate surface area is 184 Å². The summed E-state index contributed by atoms with van der Waals surface area (Å²) in [5, 5.41) is 19.0. The normalized spacial score (nSPS) is 18.0. The molecule has 0 saturated carbocycles. The molecule has 0 aliphatic carbocycles. The number of fused-ring (bicyclic) bond motifs is 2. The fourth-order valence-electron chi connectivity index (χ4n) is 4.42. The SMILES string of the molecule is Cc1nn(C(C)c2cc(Cl)c(C#N)c3c2OCCN(C2CNC2)C3)c2ncnc(N)c12. The van der Waals surface area contributed by atoms with Crippen LogP contribution in [0.1, 0.15) is 35.3 Å². The number of nitrogens with one attached hydrogen (secondary N) is 1. The lowest BCUT2D eigenvalue weighted by Crippen LogP contribution is -2.57. The molecule has 2 aromatic heterocycles. The van der Waals surface area contributed by atoms with Gasteiger partial charge in [0.05, 0.1) is 27.7 Å². The Morgan fingerprint density at radius 1 is 1.39 bits per heavy atom. The van der Waals surface area contributed by atoms with Crippen LogP contribution < -0.4 is 15.8 Å². The topological polar surface area (TPSA) is 118 Å². The molecule has 2 aliphatic rings. The first kappa shape index (κ1) is 20.0. The van der Waals surface area contributed by atoms with Gasteiger partial charge in [0.15, 0.2) is 5.65 Å². The molecule has 5 rings (SSSR count). The summed E-state index contributed by atoms with van der Waals surface area (Å²) < 4.78 is 8.06. The van der Waals surface area contributed by atoms with Crippen molar-refractivity contribution in [3.8, 4) is 11.8 Å². The van der Waals surface area contributed by atoms with Crippen molar-refractivity contribution in [3.05, 3.63) is 39.8 Å². The van der Waals surface area contributed by atoms with E-state index in [0.717, 1.165) is 41.8 Å². The van der Waals surface area contributed by atoms with Gasteiger partial charge in [-0.1, -0.05) is 11.6 Å². The largest absolute Gasteiger partial charge is 0.491 e. The van der Waals surface area contributed by atoms with E-state index in [1.165, 1.54) is 6.33 Å². The molecule has 3 N–H and O–H groups in total. The van der Waals surface area contributed by atoms with E-state index in [2.05, 4.69) is 31.4 Å². The number of halogens is 1. The Bertz CT molecular complexity index is 1210. The highest BCUT2D eigenvalue weighted by Crippen LogP contribution is 2.40. The third-order valence-corrected chi connectivity index (χ3v) is 6.54. The lowest BCUT2D eigenvalue weighted by atomic mass is 9.97. The van der Waals surface area contributed by atoms with Gasteiger partial charge in [-0.3, -0.25) is 4.90 Å². The molecular formula is C21H23ClN8O. The highest BCUT2D eigenvalue weighted by atomic mass is 35.5. The molecule has 1 fully saturated rings. The Morgan fingerprint density at radius 3 is 2.90 bits per heavy atom. The van der Waals surface area contributed by atoms with Crippen LogP contribution in [-0.4, -0.2) is 56.9 Å². The molecule has 3 aromatic rings.